The van der Waals surface area contributed by atoms with Crippen LogP contribution in [0.5, 0.6) is 0 Å². The standard InChI is InChI=1S/C18H32/c1-3-5-7-9-11-13-15-17-18-16-14-12-10-8-6-4-2/h15,17H,3-13,18H2,1-2H3/b17-15+. The van der Waals surface area contributed by atoms with E-state index in [9.17, 15) is 0 Å². The van der Waals surface area contributed by atoms with Gasteiger partial charge in [0.05, 0.1) is 0 Å². The fourth-order valence-corrected chi connectivity index (χ4v) is 1.93. The maximum Gasteiger partial charge on any atom is 0.0269 e. The Morgan fingerprint density at radius 3 is 2.06 bits per heavy atom. The van der Waals surface area contributed by atoms with Crippen LogP contribution in [0.15, 0.2) is 12.2 Å². The van der Waals surface area contributed by atoms with Crippen LogP contribution in [0.3, 0.4) is 0 Å². The van der Waals surface area contributed by atoms with E-state index >= 15 is 0 Å². The predicted octanol–water partition coefficient (Wildman–Crippen LogP) is 6.27. The lowest BCUT2D eigenvalue weighted by Gasteiger charge is -1.95. The van der Waals surface area contributed by atoms with Crippen LogP contribution < -0.4 is 0 Å². The van der Waals surface area contributed by atoms with Gasteiger partial charge in [-0.25, -0.2) is 0 Å². The first kappa shape index (κ1) is 17.3. The Labute approximate surface area is 115 Å². The van der Waals surface area contributed by atoms with Gasteiger partial charge in [0.25, 0.3) is 0 Å². The fraction of sp³-hybridized carbons (Fsp3) is 0.778. The Morgan fingerprint density at radius 2 is 1.33 bits per heavy atom. The number of hydrogen-bond donors (Lipinski definition) is 0. The Hall–Kier alpha value is -0.700. The summed E-state index contributed by atoms with van der Waals surface area (Å²) in [4.78, 5) is 0. The van der Waals surface area contributed by atoms with Crippen molar-refractivity contribution in [1.82, 2.24) is 0 Å². The molecule has 0 aromatic rings. The lowest BCUT2D eigenvalue weighted by atomic mass is 10.1. The van der Waals surface area contributed by atoms with E-state index in [-0.39, 0.29) is 0 Å². The molecule has 0 heteroatoms. The van der Waals surface area contributed by atoms with Gasteiger partial charge in [0.2, 0.25) is 0 Å². The zero-order chi connectivity index (χ0) is 13.3. The molecule has 0 saturated heterocycles. The molecule has 0 aliphatic carbocycles. The van der Waals surface area contributed by atoms with Crippen LogP contribution in [0.4, 0.5) is 0 Å². The zero-order valence-corrected chi connectivity index (χ0v) is 12.6. The van der Waals surface area contributed by atoms with E-state index in [0.717, 1.165) is 12.8 Å². The molecule has 0 atom stereocenters. The lowest BCUT2D eigenvalue weighted by Crippen LogP contribution is -1.76. The number of allylic oxidation sites excluding steroid dienone is 2. The highest BCUT2D eigenvalue weighted by Crippen LogP contribution is 2.05. The van der Waals surface area contributed by atoms with Crippen molar-refractivity contribution >= 4 is 0 Å². The summed E-state index contributed by atoms with van der Waals surface area (Å²) < 4.78 is 0. The average molecular weight is 248 g/mol. The van der Waals surface area contributed by atoms with Crippen LogP contribution in [0.25, 0.3) is 0 Å². The second-order valence-electron chi connectivity index (χ2n) is 5.04. The van der Waals surface area contributed by atoms with Gasteiger partial charge in [-0.15, -0.1) is 5.92 Å². The van der Waals surface area contributed by atoms with Crippen LogP contribution >= 0.6 is 0 Å². The minimum absolute atomic E-state index is 0.947. The SMILES string of the molecule is CCCCCCC#CC/C=C/CCCCCCC. The zero-order valence-electron chi connectivity index (χ0n) is 12.6. The van der Waals surface area contributed by atoms with Crippen molar-refractivity contribution in [2.75, 3.05) is 0 Å². The highest BCUT2D eigenvalue weighted by atomic mass is 13.9. The average Bonchev–Trinajstić information content (AvgIpc) is 2.39. The van der Waals surface area contributed by atoms with Crippen molar-refractivity contribution in [1.29, 1.82) is 0 Å². The molecule has 0 nitrogen and oxygen atoms in total. The molecular formula is C18H32. The highest BCUT2D eigenvalue weighted by molar-refractivity contribution is 5.04. The van der Waals surface area contributed by atoms with E-state index in [1.807, 2.05) is 0 Å². The van der Waals surface area contributed by atoms with Crippen molar-refractivity contribution < 1.29 is 0 Å². The molecule has 0 fully saturated rings. The summed E-state index contributed by atoms with van der Waals surface area (Å²) in [6, 6.07) is 0. The quantitative estimate of drug-likeness (QED) is 0.230. The minimum Gasteiger partial charge on any atom is -0.103 e. The molecule has 18 heavy (non-hydrogen) atoms. The molecular weight excluding hydrogens is 216 g/mol. The highest BCUT2D eigenvalue weighted by Gasteiger charge is 1.86. The van der Waals surface area contributed by atoms with E-state index in [0.29, 0.717) is 0 Å². The predicted molar refractivity (Wildman–Crippen MR) is 83.7 cm³/mol. The molecule has 0 saturated carbocycles. The Kier molecular flexibility index (Phi) is 15.7. The van der Waals surface area contributed by atoms with Crippen molar-refractivity contribution in [3.63, 3.8) is 0 Å². The second-order valence-corrected chi connectivity index (χ2v) is 5.04. The third kappa shape index (κ3) is 15.3. The van der Waals surface area contributed by atoms with Gasteiger partial charge in [-0.3, -0.25) is 0 Å². The van der Waals surface area contributed by atoms with Crippen molar-refractivity contribution in [2.45, 2.75) is 90.9 Å². The molecule has 0 N–H and O–H groups in total. The molecule has 0 aliphatic heterocycles. The summed E-state index contributed by atoms with van der Waals surface area (Å²) in [6.07, 6.45) is 20.0. The monoisotopic (exact) mass is 248 g/mol. The smallest absolute Gasteiger partial charge is 0.0269 e. The van der Waals surface area contributed by atoms with Crippen LogP contribution in [0.2, 0.25) is 0 Å². The molecule has 0 amide bonds. The maximum atomic E-state index is 3.26. The topological polar surface area (TPSA) is 0 Å². The van der Waals surface area contributed by atoms with E-state index in [1.165, 1.54) is 64.2 Å². The summed E-state index contributed by atoms with van der Waals surface area (Å²) in [7, 11) is 0. The van der Waals surface area contributed by atoms with E-state index in [1.54, 1.807) is 0 Å². The molecule has 0 unspecified atom stereocenters. The molecule has 0 spiro atoms. The second kappa shape index (κ2) is 16.3. The Morgan fingerprint density at radius 1 is 0.667 bits per heavy atom. The summed E-state index contributed by atoms with van der Waals surface area (Å²) in [5.74, 6) is 6.50. The third-order valence-corrected chi connectivity index (χ3v) is 3.14. The summed E-state index contributed by atoms with van der Waals surface area (Å²) >= 11 is 0. The first-order chi connectivity index (χ1) is 8.91. The van der Waals surface area contributed by atoms with Crippen molar-refractivity contribution in [3.05, 3.63) is 12.2 Å². The molecule has 0 aliphatic rings. The van der Waals surface area contributed by atoms with E-state index in [4.69, 9.17) is 0 Å². The lowest BCUT2D eigenvalue weighted by molar-refractivity contribution is 0.637. The minimum atomic E-state index is 0.947. The van der Waals surface area contributed by atoms with Gasteiger partial charge < -0.3 is 0 Å². The summed E-state index contributed by atoms with van der Waals surface area (Å²) in [5, 5.41) is 0. The Bertz CT molecular complexity index is 226. The molecule has 0 bridgehead atoms. The van der Waals surface area contributed by atoms with Crippen LogP contribution in [-0.2, 0) is 0 Å². The number of rotatable bonds is 11. The van der Waals surface area contributed by atoms with Gasteiger partial charge in [-0.1, -0.05) is 76.9 Å². The van der Waals surface area contributed by atoms with Gasteiger partial charge in [-0.2, -0.15) is 0 Å². The number of hydrogen-bond acceptors (Lipinski definition) is 0. The van der Waals surface area contributed by atoms with Gasteiger partial charge in [0, 0.05) is 12.8 Å². The first-order valence-electron chi connectivity index (χ1n) is 8.02. The Balaban J connectivity index is 3.19. The molecule has 0 radical (unpaired) electrons. The molecule has 0 aromatic carbocycles. The van der Waals surface area contributed by atoms with Crippen molar-refractivity contribution in [3.8, 4) is 11.8 Å². The van der Waals surface area contributed by atoms with Gasteiger partial charge in [0.15, 0.2) is 0 Å². The number of unbranched alkanes of at least 4 members (excludes halogenated alkanes) is 9. The molecule has 0 heterocycles. The van der Waals surface area contributed by atoms with E-state index < -0.39 is 0 Å². The normalized spacial score (nSPS) is 10.6. The summed E-state index contributed by atoms with van der Waals surface area (Å²) in [5.41, 5.74) is 0. The van der Waals surface area contributed by atoms with E-state index in [2.05, 4.69) is 37.8 Å². The van der Waals surface area contributed by atoms with Gasteiger partial charge in [-0.05, 0) is 19.3 Å². The fourth-order valence-electron chi connectivity index (χ4n) is 1.93. The van der Waals surface area contributed by atoms with Crippen LogP contribution in [0.1, 0.15) is 90.9 Å². The molecule has 0 aromatic heterocycles. The summed E-state index contributed by atoms with van der Waals surface area (Å²) in [6.45, 7) is 4.51. The molecule has 0 rings (SSSR count). The van der Waals surface area contributed by atoms with Crippen LogP contribution in [0, 0.1) is 11.8 Å². The first-order valence-corrected chi connectivity index (χ1v) is 8.02. The molecule has 104 valence electrons. The van der Waals surface area contributed by atoms with Crippen molar-refractivity contribution in [2.24, 2.45) is 0 Å². The van der Waals surface area contributed by atoms with Gasteiger partial charge >= 0.3 is 0 Å². The third-order valence-electron chi connectivity index (χ3n) is 3.14. The maximum absolute atomic E-state index is 3.26. The largest absolute Gasteiger partial charge is 0.103 e. The van der Waals surface area contributed by atoms with Crippen LogP contribution in [-0.4, -0.2) is 0 Å². The van der Waals surface area contributed by atoms with Gasteiger partial charge in [0.1, 0.15) is 0 Å².